The molecule has 0 aliphatic carbocycles. The molecular weight excluding hydrogens is 371 g/mol. The predicted molar refractivity (Wildman–Crippen MR) is 119 cm³/mol. The Balaban J connectivity index is 2.05. The van der Waals surface area contributed by atoms with Crippen LogP contribution >= 0.6 is 11.6 Å². The van der Waals surface area contributed by atoms with Crippen molar-refractivity contribution in [3.63, 3.8) is 0 Å². The monoisotopic (exact) mass is 396 g/mol. The van der Waals surface area contributed by atoms with E-state index in [9.17, 15) is 0 Å². The van der Waals surface area contributed by atoms with Crippen molar-refractivity contribution in [2.24, 2.45) is 0 Å². The summed E-state index contributed by atoms with van der Waals surface area (Å²) in [6, 6.07) is 10.4. The smallest absolute Gasteiger partial charge is 0.456 e. The first-order valence-electron chi connectivity index (χ1n) is 9.76. The van der Waals surface area contributed by atoms with Gasteiger partial charge in [0.05, 0.1) is 16.6 Å². The average Bonchev–Trinajstić information content (AvgIpc) is 3.06. The molecule has 1 aliphatic rings. The van der Waals surface area contributed by atoms with Crippen molar-refractivity contribution in [3.8, 4) is 0 Å². The Morgan fingerprint density at radius 1 is 1.04 bits per heavy atom. The zero-order chi connectivity index (χ0) is 20.3. The van der Waals surface area contributed by atoms with Crippen LogP contribution in [0.2, 0.25) is 0 Å². The van der Waals surface area contributed by atoms with E-state index in [0.29, 0.717) is 0 Å². The number of halogens is 1. The van der Waals surface area contributed by atoms with E-state index in [1.807, 2.05) is 26.0 Å². The fourth-order valence-electron chi connectivity index (χ4n) is 3.82. The Morgan fingerprint density at radius 2 is 1.64 bits per heavy atom. The van der Waals surface area contributed by atoms with Gasteiger partial charge in [-0.3, -0.25) is 0 Å². The molecular formula is C23H26BClO3. The first-order valence-corrected chi connectivity index (χ1v) is 10.2. The molecule has 2 heterocycles. The molecule has 146 valence electrons. The van der Waals surface area contributed by atoms with Crippen molar-refractivity contribution in [3.05, 3.63) is 41.0 Å². The highest BCUT2D eigenvalue weighted by Crippen LogP contribution is 2.37. The van der Waals surface area contributed by atoms with Gasteiger partial charge in [-0.2, -0.15) is 0 Å². The molecule has 2 aromatic carbocycles. The molecule has 3 nitrogen and oxygen atoms in total. The van der Waals surface area contributed by atoms with Gasteiger partial charge in [0.2, 0.25) is 0 Å². The molecule has 0 N–H and O–H groups in total. The number of hydrogen-bond acceptors (Lipinski definition) is 3. The van der Waals surface area contributed by atoms with Crippen molar-refractivity contribution in [1.82, 2.24) is 0 Å². The van der Waals surface area contributed by atoms with Gasteiger partial charge in [-0.05, 0) is 69.9 Å². The van der Waals surface area contributed by atoms with E-state index in [1.165, 1.54) is 0 Å². The second kappa shape index (κ2) is 6.65. The molecule has 0 radical (unpaired) electrons. The summed E-state index contributed by atoms with van der Waals surface area (Å²) in [5, 5.41) is 4.29. The summed E-state index contributed by atoms with van der Waals surface area (Å²) in [6.07, 6.45) is 4.03. The summed E-state index contributed by atoms with van der Waals surface area (Å²) < 4.78 is 18.9. The molecule has 4 rings (SSSR count). The minimum atomic E-state index is -0.446. The minimum absolute atomic E-state index is 0.118. The second-order valence-electron chi connectivity index (χ2n) is 8.49. The molecule has 1 atom stereocenters. The molecule has 0 spiro atoms. The molecule has 0 amide bonds. The first-order chi connectivity index (χ1) is 13.1. The van der Waals surface area contributed by atoms with Crippen LogP contribution < -0.4 is 16.1 Å². The number of fused-ring (bicyclic) bond motifs is 3. The van der Waals surface area contributed by atoms with E-state index in [-0.39, 0.29) is 5.38 Å². The molecule has 0 saturated carbocycles. The Kier molecular flexibility index (Phi) is 4.65. The summed E-state index contributed by atoms with van der Waals surface area (Å²) in [7, 11) is -0.446. The molecule has 3 aromatic rings. The lowest BCUT2D eigenvalue weighted by Gasteiger charge is -2.32. The maximum absolute atomic E-state index is 6.33. The maximum Gasteiger partial charge on any atom is 0.495 e. The molecule has 0 bridgehead atoms. The molecule has 1 aromatic heterocycles. The molecule has 1 saturated heterocycles. The number of furan rings is 1. The van der Waals surface area contributed by atoms with Gasteiger partial charge in [-0.25, -0.2) is 0 Å². The van der Waals surface area contributed by atoms with Crippen LogP contribution in [0.15, 0.2) is 34.7 Å². The normalized spacial score (nSPS) is 21.2. The topological polar surface area (TPSA) is 31.6 Å². The number of alkyl halides is 1. The molecule has 5 heteroatoms. The number of rotatable bonds is 2. The minimum Gasteiger partial charge on any atom is -0.456 e. The summed E-state index contributed by atoms with van der Waals surface area (Å²) in [5.74, 6) is 0. The largest absolute Gasteiger partial charge is 0.495 e. The Labute approximate surface area is 171 Å². The Morgan fingerprint density at radius 3 is 2.21 bits per heavy atom. The third-order valence-corrected chi connectivity index (χ3v) is 6.10. The van der Waals surface area contributed by atoms with Crippen molar-refractivity contribution >= 4 is 58.1 Å². The van der Waals surface area contributed by atoms with Crippen LogP contribution in [0.25, 0.3) is 33.9 Å². The Hall–Kier alpha value is -1.75. The molecule has 1 fully saturated rings. The molecule has 1 unspecified atom stereocenters. The van der Waals surface area contributed by atoms with E-state index in [2.05, 4.69) is 58.0 Å². The van der Waals surface area contributed by atoms with Gasteiger partial charge in [0, 0.05) is 10.6 Å². The van der Waals surface area contributed by atoms with Crippen LogP contribution in [0.3, 0.4) is 0 Å². The van der Waals surface area contributed by atoms with Gasteiger partial charge in [0.1, 0.15) is 11.0 Å². The van der Waals surface area contributed by atoms with Gasteiger partial charge in [-0.1, -0.05) is 30.3 Å². The van der Waals surface area contributed by atoms with Crippen molar-refractivity contribution in [1.29, 1.82) is 0 Å². The van der Waals surface area contributed by atoms with Gasteiger partial charge in [0.15, 0.2) is 0 Å². The maximum atomic E-state index is 6.33. The molecule has 1 aliphatic heterocycles. The number of hydrogen-bond donors (Lipinski definition) is 0. The third kappa shape index (κ3) is 2.99. The second-order valence-corrected chi connectivity index (χ2v) is 9.17. The van der Waals surface area contributed by atoms with Crippen molar-refractivity contribution < 1.29 is 13.7 Å². The van der Waals surface area contributed by atoms with Crippen LogP contribution in [0.1, 0.15) is 41.5 Å². The third-order valence-electron chi connectivity index (χ3n) is 5.97. The van der Waals surface area contributed by atoms with Gasteiger partial charge < -0.3 is 13.7 Å². The Bertz CT molecular complexity index is 1160. The lowest BCUT2D eigenvalue weighted by atomic mass is 9.75. The summed E-state index contributed by atoms with van der Waals surface area (Å²) in [4.78, 5) is 0. The van der Waals surface area contributed by atoms with Crippen LogP contribution in [0.4, 0.5) is 0 Å². The SMILES string of the molecule is C/C=c1\c(=C/C(C)Cl)oc2cc(B3OC(C)(C)C(C)(C)O3)c3ccccc3c12. The first kappa shape index (κ1) is 19.6. The van der Waals surface area contributed by atoms with Crippen LogP contribution in [-0.4, -0.2) is 23.7 Å². The lowest BCUT2D eigenvalue weighted by Crippen LogP contribution is -2.41. The fourth-order valence-corrected chi connectivity index (χ4v) is 3.93. The van der Waals surface area contributed by atoms with E-state index in [0.717, 1.165) is 37.8 Å². The van der Waals surface area contributed by atoms with E-state index >= 15 is 0 Å². The summed E-state index contributed by atoms with van der Waals surface area (Å²) in [5.41, 5.74) is 1.82. The van der Waals surface area contributed by atoms with Crippen LogP contribution in [-0.2, 0) is 9.31 Å². The lowest BCUT2D eigenvalue weighted by molar-refractivity contribution is 0.00578. The van der Waals surface area contributed by atoms with Gasteiger partial charge in [0.25, 0.3) is 0 Å². The van der Waals surface area contributed by atoms with Gasteiger partial charge in [-0.15, -0.1) is 11.6 Å². The van der Waals surface area contributed by atoms with E-state index in [4.69, 9.17) is 25.3 Å². The summed E-state index contributed by atoms with van der Waals surface area (Å²) >= 11 is 6.22. The zero-order valence-corrected chi connectivity index (χ0v) is 18.1. The number of benzene rings is 2. The highest BCUT2D eigenvalue weighted by molar-refractivity contribution is 6.65. The standard InChI is InChI=1S/C23H26BClO3/c1-7-15-19(12-14(2)25)26-20-13-18(16-10-8-9-11-17(16)21(15)20)24-27-22(3,4)23(5,6)28-24/h7-14H,1-6H3/b15-7+,19-12+. The average molecular weight is 397 g/mol. The fraction of sp³-hybridized carbons (Fsp3) is 0.391. The predicted octanol–water partition coefficient (Wildman–Crippen LogP) is 4.09. The van der Waals surface area contributed by atoms with Gasteiger partial charge >= 0.3 is 7.12 Å². The van der Waals surface area contributed by atoms with Crippen molar-refractivity contribution in [2.75, 3.05) is 0 Å². The van der Waals surface area contributed by atoms with E-state index in [1.54, 1.807) is 0 Å². The highest BCUT2D eigenvalue weighted by Gasteiger charge is 2.52. The highest BCUT2D eigenvalue weighted by atomic mass is 35.5. The summed E-state index contributed by atoms with van der Waals surface area (Å²) in [6.45, 7) is 12.2. The zero-order valence-electron chi connectivity index (χ0n) is 17.3. The van der Waals surface area contributed by atoms with Crippen molar-refractivity contribution in [2.45, 2.75) is 58.1 Å². The van der Waals surface area contributed by atoms with Crippen LogP contribution in [0.5, 0.6) is 0 Å². The van der Waals surface area contributed by atoms with Crippen LogP contribution in [0, 0.1) is 0 Å². The van der Waals surface area contributed by atoms with E-state index < -0.39 is 18.3 Å². The molecule has 28 heavy (non-hydrogen) atoms. The quantitative estimate of drug-likeness (QED) is 0.483.